The molecule has 1 aromatic heterocycles. The fraction of sp³-hybridized carbons (Fsp3) is 0.238. The number of benzene rings is 2. The number of ether oxygens (including phenoxy) is 3. The van der Waals surface area contributed by atoms with Gasteiger partial charge in [0.25, 0.3) is 0 Å². The Morgan fingerprint density at radius 1 is 1.11 bits per heavy atom. The van der Waals surface area contributed by atoms with E-state index in [2.05, 4.69) is 0 Å². The highest BCUT2D eigenvalue weighted by Gasteiger charge is 2.45. The van der Waals surface area contributed by atoms with E-state index in [1.54, 1.807) is 44.4 Å². The van der Waals surface area contributed by atoms with Crippen molar-refractivity contribution in [2.45, 2.75) is 18.9 Å². The van der Waals surface area contributed by atoms with E-state index in [-0.39, 0.29) is 6.61 Å². The van der Waals surface area contributed by atoms with E-state index in [1.807, 2.05) is 18.2 Å². The molecule has 0 saturated carbocycles. The Morgan fingerprint density at radius 3 is 2.56 bits per heavy atom. The summed E-state index contributed by atoms with van der Waals surface area (Å²) >= 11 is 0. The normalized spacial score (nSPS) is 18.0. The van der Waals surface area contributed by atoms with Crippen LogP contribution in [0.15, 0.2) is 57.7 Å². The molecular formula is C21H18O6. The number of hydrogen-bond donors (Lipinski definition) is 0. The van der Waals surface area contributed by atoms with Crippen LogP contribution in [-0.2, 0) is 9.53 Å². The van der Waals surface area contributed by atoms with Gasteiger partial charge in [0, 0.05) is 0 Å². The molecule has 0 radical (unpaired) electrons. The standard InChI is InChI=1S/C21H18O6/c1-3-25-21(23)19-16(12-8-10-13(24-2)11-9-12)17-18(27-19)14-6-4-5-7-15(14)26-20(17)22/h4-11,16,19H,3H2,1-2H3/t16-,19-/m0/s1. The highest BCUT2D eigenvalue weighted by molar-refractivity contribution is 5.88. The van der Waals surface area contributed by atoms with E-state index in [0.29, 0.717) is 28.0 Å². The maximum atomic E-state index is 12.7. The first-order valence-electron chi connectivity index (χ1n) is 8.67. The molecule has 1 aliphatic heterocycles. The van der Waals surface area contributed by atoms with Gasteiger partial charge in [-0.2, -0.15) is 0 Å². The van der Waals surface area contributed by atoms with Gasteiger partial charge in [-0.1, -0.05) is 24.3 Å². The summed E-state index contributed by atoms with van der Waals surface area (Å²) in [5, 5.41) is 0.650. The van der Waals surface area contributed by atoms with Gasteiger partial charge < -0.3 is 18.6 Å². The minimum absolute atomic E-state index is 0.222. The second-order valence-electron chi connectivity index (χ2n) is 6.17. The summed E-state index contributed by atoms with van der Waals surface area (Å²) in [5.41, 5.74) is 0.975. The molecule has 4 rings (SSSR count). The molecule has 6 nitrogen and oxygen atoms in total. The van der Waals surface area contributed by atoms with Crippen LogP contribution in [0.25, 0.3) is 11.0 Å². The Morgan fingerprint density at radius 2 is 1.85 bits per heavy atom. The SMILES string of the molecule is CCOC(=O)[C@H]1Oc2c(c(=O)oc3ccccc23)[C@@H]1c1ccc(OC)cc1. The molecule has 0 N–H and O–H groups in total. The van der Waals surface area contributed by atoms with Gasteiger partial charge >= 0.3 is 11.6 Å². The Bertz CT molecular complexity index is 1050. The smallest absolute Gasteiger partial charge is 0.348 e. The van der Waals surface area contributed by atoms with E-state index in [4.69, 9.17) is 18.6 Å². The predicted molar refractivity (Wildman–Crippen MR) is 98.4 cm³/mol. The average molecular weight is 366 g/mol. The molecule has 3 aromatic rings. The first kappa shape index (κ1) is 17.1. The number of fused-ring (bicyclic) bond motifs is 3. The zero-order valence-electron chi connectivity index (χ0n) is 14.9. The molecule has 0 fully saturated rings. The maximum absolute atomic E-state index is 12.7. The summed E-state index contributed by atoms with van der Waals surface area (Å²) in [4.78, 5) is 25.3. The molecule has 0 bridgehead atoms. The number of rotatable bonds is 4. The fourth-order valence-corrected chi connectivity index (χ4v) is 3.44. The van der Waals surface area contributed by atoms with Crippen molar-refractivity contribution in [1.82, 2.24) is 0 Å². The van der Waals surface area contributed by atoms with Crippen molar-refractivity contribution in [2.24, 2.45) is 0 Å². The predicted octanol–water partition coefficient (Wildman–Crippen LogP) is 3.26. The van der Waals surface area contributed by atoms with Gasteiger partial charge in [-0.05, 0) is 36.8 Å². The zero-order valence-corrected chi connectivity index (χ0v) is 14.9. The van der Waals surface area contributed by atoms with Crippen molar-refractivity contribution in [3.05, 3.63) is 70.1 Å². The highest BCUT2D eigenvalue weighted by atomic mass is 16.6. The summed E-state index contributed by atoms with van der Waals surface area (Å²) in [7, 11) is 1.57. The van der Waals surface area contributed by atoms with Crippen molar-refractivity contribution < 1.29 is 23.4 Å². The summed E-state index contributed by atoms with van der Waals surface area (Å²) in [6.45, 7) is 1.95. The zero-order chi connectivity index (χ0) is 19.0. The quantitative estimate of drug-likeness (QED) is 0.521. The molecular weight excluding hydrogens is 348 g/mol. The fourth-order valence-electron chi connectivity index (χ4n) is 3.44. The summed E-state index contributed by atoms with van der Waals surface area (Å²) < 4.78 is 21.8. The number of esters is 1. The number of carbonyl (C=O) groups is 1. The highest BCUT2D eigenvalue weighted by Crippen LogP contribution is 2.44. The second-order valence-corrected chi connectivity index (χ2v) is 6.17. The van der Waals surface area contributed by atoms with E-state index >= 15 is 0 Å². The van der Waals surface area contributed by atoms with Crippen LogP contribution in [0, 0.1) is 0 Å². The lowest BCUT2D eigenvalue weighted by atomic mass is 9.88. The third kappa shape index (κ3) is 2.83. The Balaban J connectivity index is 1.92. The number of para-hydroxylation sites is 1. The van der Waals surface area contributed by atoms with Crippen molar-refractivity contribution in [1.29, 1.82) is 0 Å². The maximum Gasteiger partial charge on any atom is 0.348 e. The van der Waals surface area contributed by atoms with Crippen LogP contribution < -0.4 is 15.1 Å². The number of hydrogen-bond acceptors (Lipinski definition) is 6. The average Bonchev–Trinajstić information content (AvgIpc) is 3.10. The molecule has 2 heterocycles. The third-order valence-electron chi connectivity index (χ3n) is 4.65. The molecule has 6 heteroatoms. The Hall–Kier alpha value is -3.28. The Labute approximate surface area is 155 Å². The van der Waals surface area contributed by atoms with Gasteiger partial charge in [0.05, 0.1) is 30.6 Å². The van der Waals surface area contributed by atoms with Gasteiger partial charge in [0.2, 0.25) is 6.10 Å². The first-order valence-corrected chi connectivity index (χ1v) is 8.67. The van der Waals surface area contributed by atoms with Crippen molar-refractivity contribution in [3.63, 3.8) is 0 Å². The lowest BCUT2D eigenvalue weighted by Crippen LogP contribution is -2.32. The van der Waals surface area contributed by atoms with E-state index in [0.717, 1.165) is 5.56 Å². The molecule has 27 heavy (non-hydrogen) atoms. The summed E-state index contributed by atoms with van der Waals surface area (Å²) in [6.07, 6.45) is -0.956. The minimum atomic E-state index is -0.956. The van der Waals surface area contributed by atoms with E-state index in [9.17, 15) is 9.59 Å². The van der Waals surface area contributed by atoms with E-state index in [1.165, 1.54) is 0 Å². The molecule has 2 atom stereocenters. The summed E-state index contributed by atoms with van der Waals surface area (Å²) in [5.74, 6) is -0.0827. The molecule has 2 aromatic carbocycles. The van der Waals surface area contributed by atoms with Crippen LogP contribution in [0.5, 0.6) is 11.5 Å². The second kappa shape index (κ2) is 6.79. The lowest BCUT2D eigenvalue weighted by molar-refractivity contribution is -0.151. The van der Waals surface area contributed by atoms with Gasteiger partial charge in [-0.15, -0.1) is 0 Å². The molecule has 0 spiro atoms. The van der Waals surface area contributed by atoms with Gasteiger partial charge in [0.15, 0.2) is 0 Å². The van der Waals surface area contributed by atoms with Crippen LogP contribution in [0.2, 0.25) is 0 Å². The molecule has 0 aliphatic carbocycles. The van der Waals surface area contributed by atoms with Gasteiger partial charge in [-0.25, -0.2) is 9.59 Å². The van der Waals surface area contributed by atoms with E-state index < -0.39 is 23.6 Å². The largest absolute Gasteiger partial charge is 0.497 e. The van der Waals surface area contributed by atoms with Gasteiger partial charge in [-0.3, -0.25) is 0 Å². The number of carbonyl (C=O) groups excluding carboxylic acids is 1. The van der Waals surface area contributed by atoms with Crippen LogP contribution in [-0.4, -0.2) is 25.8 Å². The molecule has 0 saturated heterocycles. The molecule has 0 amide bonds. The monoisotopic (exact) mass is 366 g/mol. The van der Waals surface area contributed by atoms with Crippen LogP contribution in [0.3, 0.4) is 0 Å². The van der Waals surface area contributed by atoms with Crippen LogP contribution >= 0.6 is 0 Å². The summed E-state index contributed by atoms with van der Waals surface area (Å²) in [6, 6.07) is 14.3. The minimum Gasteiger partial charge on any atom is -0.497 e. The molecule has 1 aliphatic rings. The van der Waals surface area contributed by atoms with Crippen LogP contribution in [0.4, 0.5) is 0 Å². The number of methoxy groups -OCH3 is 1. The van der Waals surface area contributed by atoms with Crippen molar-refractivity contribution >= 4 is 16.9 Å². The van der Waals surface area contributed by atoms with Crippen LogP contribution in [0.1, 0.15) is 24.0 Å². The first-order chi connectivity index (χ1) is 13.1. The van der Waals surface area contributed by atoms with Crippen molar-refractivity contribution in [3.8, 4) is 11.5 Å². The Kier molecular flexibility index (Phi) is 4.32. The molecule has 138 valence electrons. The molecule has 0 unspecified atom stereocenters. The third-order valence-corrected chi connectivity index (χ3v) is 4.65. The van der Waals surface area contributed by atoms with Crippen molar-refractivity contribution in [2.75, 3.05) is 13.7 Å². The topological polar surface area (TPSA) is 75.0 Å². The van der Waals surface area contributed by atoms with Gasteiger partial charge in [0.1, 0.15) is 17.1 Å². The lowest BCUT2D eigenvalue weighted by Gasteiger charge is -2.17.